The van der Waals surface area contributed by atoms with Crippen LogP contribution in [0, 0.1) is 0 Å². The molecule has 0 aromatic heterocycles. The first-order chi connectivity index (χ1) is 8.47. The minimum Gasteiger partial charge on any atom is -0.445 e. The smallest absolute Gasteiger partial charge is 0.407 e. The van der Waals surface area contributed by atoms with Crippen LogP contribution in [0.25, 0.3) is 0 Å². The maximum atomic E-state index is 11.2. The first-order valence-electron chi connectivity index (χ1n) is 5.55. The molecular weight excluding hydrogens is 232 g/mol. The summed E-state index contributed by atoms with van der Waals surface area (Å²) >= 11 is 0. The molecule has 0 unspecified atom stereocenters. The molecule has 0 saturated heterocycles. The highest BCUT2D eigenvalue weighted by molar-refractivity contribution is 5.76. The van der Waals surface area contributed by atoms with E-state index in [9.17, 15) is 9.59 Å². The second-order valence-electron chi connectivity index (χ2n) is 3.79. The molecule has 0 atom stereocenters. The normalized spacial score (nSPS) is 9.89. The van der Waals surface area contributed by atoms with Crippen LogP contribution in [-0.2, 0) is 9.53 Å². The van der Waals surface area contributed by atoms with Crippen molar-refractivity contribution >= 4 is 12.0 Å². The van der Waals surface area contributed by atoms with Crippen LogP contribution in [0.5, 0.6) is 0 Å². The number of nitrogens with zero attached hydrogens (tertiary/aromatic N) is 1. The molecule has 0 bridgehead atoms. The van der Waals surface area contributed by atoms with Crippen LogP contribution in [0.3, 0.4) is 0 Å². The van der Waals surface area contributed by atoms with Crippen LogP contribution in [0.2, 0.25) is 0 Å². The third-order valence-corrected chi connectivity index (χ3v) is 1.96. The highest BCUT2D eigenvalue weighted by Gasteiger charge is 2.06. The Labute approximate surface area is 108 Å². The summed E-state index contributed by atoms with van der Waals surface area (Å²) in [6.07, 6.45) is 4.71. The van der Waals surface area contributed by atoms with Gasteiger partial charge in [-0.15, -0.1) is 0 Å². The minimum absolute atomic E-state index is 0.0476. The molecule has 0 heterocycles. The zero-order valence-electron chi connectivity index (χ0n) is 10.9. The number of carbonyl (C=O) groups excluding carboxylic acids is 2. The third kappa shape index (κ3) is 8.15. The SMILES string of the molecule is C=C/C=C\C(=C)COC(=O)NCCC(=O)N(C)C. The first-order valence-corrected chi connectivity index (χ1v) is 5.55. The Bertz CT molecular complexity index is 346. The predicted molar refractivity (Wildman–Crippen MR) is 71.1 cm³/mol. The van der Waals surface area contributed by atoms with E-state index in [0.717, 1.165) is 0 Å². The Hall–Kier alpha value is -2.04. The standard InChI is InChI=1S/C13H20N2O3/c1-5-6-7-11(2)10-18-13(17)14-9-8-12(16)15(3)4/h5-7H,1-2,8-10H2,3-4H3,(H,14,17)/b7-6-. The number of hydrogen-bond donors (Lipinski definition) is 1. The van der Waals surface area contributed by atoms with Gasteiger partial charge in [0.25, 0.3) is 0 Å². The highest BCUT2D eigenvalue weighted by Crippen LogP contribution is 1.95. The number of amides is 2. The molecule has 0 radical (unpaired) electrons. The summed E-state index contributed by atoms with van der Waals surface area (Å²) in [6, 6.07) is 0. The predicted octanol–water partition coefficient (Wildman–Crippen LogP) is 1.49. The van der Waals surface area contributed by atoms with Crippen molar-refractivity contribution in [1.82, 2.24) is 10.2 Å². The molecule has 18 heavy (non-hydrogen) atoms. The summed E-state index contributed by atoms with van der Waals surface area (Å²) < 4.78 is 4.88. The molecule has 0 aliphatic heterocycles. The van der Waals surface area contributed by atoms with Gasteiger partial charge >= 0.3 is 6.09 Å². The van der Waals surface area contributed by atoms with Gasteiger partial charge in [0, 0.05) is 27.1 Å². The lowest BCUT2D eigenvalue weighted by atomic mass is 10.3. The molecule has 0 aliphatic carbocycles. The number of nitrogens with one attached hydrogen (secondary N) is 1. The maximum Gasteiger partial charge on any atom is 0.407 e. The molecule has 5 nitrogen and oxygen atoms in total. The van der Waals surface area contributed by atoms with Crippen molar-refractivity contribution in [1.29, 1.82) is 0 Å². The van der Waals surface area contributed by atoms with E-state index in [-0.39, 0.29) is 25.5 Å². The van der Waals surface area contributed by atoms with Crippen LogP contribution >= 0.6 is 0 Å². The van der Waals surface area contributed by atoms with Crippen molar-refractivity contribution < 1.29 is 14.3 Å². The molecule has 0 saturated carbocycles. The van der Waals surface area contributed by atoms with Gasteiger partial charge in [-0.25, -0.2) is 4.79 Å². The Kier molecular flexibility index (Phi) is 8.01. The van der Waals surface area contributed by atoms with Gasteiger partial charge in [0.1, 0.15) is 6.61 Å². The van der Waals surface area contributed by atoms with E-state index < -0.39 is 6.09 Å². The quantitative estimate of drug-likeness (QED) is 0.698. The summed E-state index contributed by atoms with van der Waals surface area (Å²) in [5.74, 6) is -0.0476. The molecule has 5 heteroatoms. The first kappa shape index (κ1) is 16.0. The summed E-state index contributed by atoms with van der Waals surface area (Å²) in [7, 11) is 3.33. The fourth-order valence-electron chi connectivity index (χ4n) is 0.957. The third-order valence-electron chi connectivity index (χ3n) is 1.96. The molecule has 0 rings (SSSR count). The number of hydrogen-bond acceptors (Lipinski definition) is 3. The van der Waals surface area contributed by atoms with Crippen molar-refractivity contribution in [2.24, 2.45) is 0 Å². The van der Waals surface area contributed by atoms with Crippen LogP contribution in [0.4, 0.5) is 4.79 Å². The zero-order valence-corrected chi connectivity index (χ0v) is 10.9. The molecule has 2 amide bonds. The fourth-order valence-corrected chi connectivity index (χ4v) is 0.957. The van der Waals surface area contributed by atoms with Crippen molar-refractivity contribution in [3.05, 3.63) is 37.0 Å². The van der Waals surface area contributed by atoms with E-state index in [4.69, 9.17) is 4.74 Å². The molecule has 0 fully saturated rings. The van der Waals surface area contributed by atoms with E-state index in [2.05, 4.69) is 18.5 Å². The van der Waals surface area contributed by atoms with Crippen molar-refractivity contribution in [2.75, 3.05) is 27.2 Å². The van der Waals surface area contributed by atoms with E-state index in [1.54, 1.807) is 32.3 Å². The van der Waals surface area contributed by atoms with Gasteiger partial charge < -0.3 is 15.0 Å². The zero-order chi connectivity index (χ0) is 14.0. The van der Waals surface area contributed by atoms with Gasteiger partial charge in [-0.3, -0.25) is 4.79 Å². The second kappa shape index (κ2) is 9.04. The van der Waals surface area contributed by atoms with Gasteiger partial charge in [0.05, 0.1) is 0 Å². The summed E-state index contributed by atoms with van der Waals surface area (Å²) in [5, 5.41) is 2.49. The van der Waals surface area contributed by atoms with Gasteiger partial charge in [0.15, 0.2) is 0 Å². The van der Waals surface area contributed by atoms with Crippen molar-refractivity contribution in [3.63, 3.8) is 0 Å². The van der Waals surface area contributed by atoms with Crippen molar-refractivity contribution in [3.8, 4) is 0 Å². The molecule has 1 N–H and O–H groups in total. The molecule has 100 valence electrons. The van der Waals surface area contributed by atoms with E-state index in [1.807, 2.05) is 0 Å². The number of ether oxygens (including phenoxy) is 1. The Morgan fingerprint density at radius 3 is 2.61 bits per heavy atom. The average Bonchev–Trinajstić information content (AvgIpc) is 2.33. The van der Waals surface area contributed by atoms with E-state index >= 15 is 0 Å². The van der Waals surface area contributed by atoms with Gasteiger partial charge in [0.2, 0.25) is 5.91 Å². The Balaban J connectivity index is 3.72. The summed E-state index contributed by atoms with van der Waals surface area (Å²) in [5.41, 5.74) is 0.661. The van der Waals surface area contributed by atoms with Crippen LogP contribution in [0.1, 0.15) is 6.42 Å². The fraction of sp³-hybridized carbons (Fsp3) is 0.385. The lowest BCUT2D eigenvalue weighted by Gasteiger charge is -2.10. The van der Waals surface area contributed by atoms with Gasteiger partial charge in [-0.1, -0.05) is 31.4 Å². The van der Waals surface area contributed by atoms with Gasteiger partial charge in [-0.2, -0.15) is 0 Å². The molecule has 0 spiro atoms. The second-order valence-corrected chi connectivity index (χ2v) is 3.79. The van der Waals surface area contributed by atoms with Gasteiger partial charge in [-0.05, 0) is 5.57 Å². The number of allylic oxidation sites excluding steroid dienone is 2. The van der Waals surface area contributed by atoms with Crippen molar-refractivity contribution in [2.45, 2.75) is 6.42 Å². The Morgan fingerprint density at radius 1 is 1.39 bits per heavy atom. The van der Waals surface area contributed by atoms with E-state index in [0.29, 0.717) is 5.57 Å². The molecule has 0 aromatic carbocycles. The summed E-state index contributed by atoms with van der Waals surface area (Å²) in [4.78, 5) is 23.9. The monoisotopic (exact) mass is 252 g/mol. The lowest BCUT2D eigenvalue weighted by Crippen LogP contribution is -2.30. The lowest BCUT2D eigenvalue weighted by molar-refractivity contribution is -0.128. The number of carbonyl (C=O) groups is 2. The van der Waals surface area contributed by atoms with E-state index in [1.165, 1.54) is 4.90 Å². The molecule has 0 aromatic rings. The number of rotatable bonds is 7. The van der Waals surface area contributed by atoms with Crippen LogP contribution in [0.15, 0.2) is 37.0 Å². The van der Waals surface area contributed by atoms with Crippen LogP contribution in [-0.4, -0.2) is 44.1 Å². The average molecular weight is 252 g/mol. The largest absolute Gasteiger partial charge is 0.445 e. The molecule has 0 aliphatic rings. The summed E-state index contributed by atoms with van der Waals surface area (Å²) in [6.45, 7) is 7.57. The minimum atomic E-state index is -0.560. The highest BCUT2D eigenvalue weighted by atomic mass is 16.5. The Morgan fingerprint density at radius 2 is 2.06 bits per heavy atom. The van der Waals surface area contributed by atoms with Crippen LogP contribution < -0.4 is 5.32 Å². The molecular formula is C13H20N2O3. The maximum absolute atomic E-state index is 11.2. The topological polar surface area (TPSA) is 58.6 Å². The number of alkyl carbamates (subject to hydrolysis) is 1.